The molecule has 0 spiro atoms. The summed E-state index contributed by atoms with van der Waals surface area (Å²) in [5.74, 6) is 0.948. The highest BCUT2D eigenvalue weighted by molar-refractivity contribution is 5.98. The molecule has 0 radical (unpaired) electrons. The highest BCUT2D eigenvalue weighted by atomic mass is 16.5. The molecule has 4 rings (SSSR count). The van der Waals surface area contributed by atoms with Gasteiger partial charge in [-0.2, -0.15) is 0 Å². The molecule has 5 heteroatoms. The normalized spacial score (nSPS) is 15.2. The summed E-state index contributed by atoms with van der Waals surface area (Å²) in [7, 11) is 0. The number of benzene rings is 3. The molecule has 0 aromatic heterocycles. The molecule has 0 unspecified atom stereocenters. The third-order valence-corrected chi connectivity index (χ3v) is 6.02. The molecule has 1 fully saturated rings. The second kappa shape index (κ2) is 10.3. The molecule has 1 heterocycles. The number of carbonyl (C=O) groups is 1. The van der Waals surface area contributed by atoms with Crippen LogP contribution in [0.4, 0.5) is 11.4 Å². The molecule has 32 heavy (non-hydrogen) atoms. The summed E-state index contributed by atoms with van der Waals surface area (Å²) in [4.78, 5) is 17.7. The summed E-state index contributed by atoms with van der Waals surface area (Å²) < 4.78 is 5.80. The minimum absolute atomic E-state index is 0.0246. The summed E-state index contributed by atoms with van der Waals surface area (Å²) >= 11 is 0. The number of rotatable bonds is 7. The predicted molar refractivity (Wildman–Crippen MR) is 131 cm³/mol. The SMILES string of the molecule is CCOc1ccccc1N1CCN([C@@H](C)C(=O)Nc2ccccc2-c2ccccc2)CC1. The van der Waals surface area contributed by atoms with E-state index in [-0.39, 0.29) is 11.9 Å². The Bertz CT molecular complexity index is 1030. The second-order valence-corrected chi connectivity index (χ2v) is 8.00. The molecule has 5 nitrogen and oxygen atoms in total. The number of ether oxygens (including phenoxy) is 1. The number of carbonyl (C=O) groups excluding carboxylic acids is 1. The van der Waals surface area contributed by atoms with Gasteiger partial charge in [0.15, 0.2) is 0 Å². The Balaban J connectivity index is 1.39. The van der Waals surface area contributed by atoms with Gasteiger partial charge in [0.1, 0.15) is 5.75 Å². The standard InChI is InChI=1S/C27H31N3O2/c1-3-32-26-16-10-9-15-25(26)30-19-17-29(18-20-30)21(2)27(31)28-24-14-8-7-13-23(24)22-11-5-4-6-12-22/h4-16,21H,3,17-20H2,1-2H3,(H,28,31)/t21-/m0/s1. The van der Waals surface area contributed by atoms with Crippen LogP contribution in [0.5, 0.6) is 5.75 Å². The maximum Gasteiger partial charge on any atom is 0.241 e. The minimum Gasteiger partial charge on any atom is -0.492 e. The molecule has 1 atom stereocenters. The molecule has 1 amide bonds. The molecule has 1 N–H and O–H groups in total. The van der Waals surface area contributed by atoms with Gasteiger partial charge in [-0.1, -0.05) is 60.7 Å². The molecular weight excluding hydrogens is 398 g/mol. The van der Waals surface area contributed by atoms with Crippen LogP contribution < -0.4 is 15.0 Å². The molecule has 166 valence electrons. The van der Waals surface area contributed by atoms with E-state index in [0.717, 1.165) is 54.4 Å². The quantitative estimate of drug-likeness (QED) is 0.580. The number of amides is 1. The van der Waals surface area contributed by atoms with Gasteiger partial charge >= 0.3 is 0 Å². The molecule has 1 aliphatic rings. The number of para-hydroxylation sites is 3. The van der Waals surface area contributed by atoms with E-state index in [4.69, 9.17) is 4.74 Å². The van der Waals surface area contributed by atoms with Crippen molar-refractivity contribution in [3.8, 4) is 16.9 Å². The Hall–Kier alpha value is -3.31. The molecule has 0 aliphatic carbocycles. The van der Waals surface area contributed by atoms with Crippen LogP contribution in [0.3, 0.4) is 0 Å². The Morgan fingerprint density at radius 1 is 0.906 bits per heavy atom. The van der Waals surface area contributed by atoms with E-state index < -0.39 is 0 Å². The van der Waals surface area contributed by atoms with Crippen LogP contribution in [-0.4, -0.2) is 49.6 Å². The Labute approximate surface area is 190 Å². The first-order valence-corrected chi connectivity index (χ1v) is 11.3. The number of nitrogens with zero attached hydrogens (tertiary/aromatic N) is 2. The van der Waals surface area contributed by atoms with E-state index >= 15 is 0 Å². The number of piperazine rings is 1. The number of anilines is 2. The number of hydrogen-bond donors (Lipinski definition) is 1. The molecule has 1 saturated heterocycles. The molecular formula is C27H31N3O2. The lowest BCUT2D eigenvalue weighted by Gasteiger charge is -2.39. The molecule has 3 aromatic rings. The van der Waals surface area contributed by atoms with Gasteiger partial charge in [0.2, 0.25) is 5.91 Å². The number of hydrogen-bond acceptors (Lipinski definition) is 4. The topological polar surface area (TPSA) is 44.8 Å². The van der Waals surface area contributed by atoms with Crippen molar-refractivity contribution < 1.29 is 9.53 Å². The zero-order valence-electron chi connectivity index (χ0n) is 18.8. The van der Waals surface area contributed by atoms with Crippen LogP contribution >= 0.6 is 0 Å². The lowest BCUT2D eigenvalue weighted by Crippen LogP contribution is -2.52. The monoisotopic (exact) mass is 429 g/mol. The van der Waals surface area contributed by atoms with Gasteiger partial charge in [0, 0.05) is 37.4 Å². The number of nitrogens with one attached hydrogen (secondary N) is 1. The van der Waals surface area contributed by atoms with Gasteiger partial charge in [0.05, 0.1) is 18.3 Å². The van der Waals surface area contributed by atoms with E-state index in [0.29, 0.717) is 6.61 Å². The summed E-state index contributed by atoms with van der Waals surface area (Å²) in [5.41, 5.74) is 4.10. The van der Waals surface area contributed by atoms with E-state index in [1.807, 2.05) is 74.5 Å². The molecule has 1 aliphatic heterocycles. The van der Waals surface area contributed by atoms with Crippen LogP contribution in [0.25, 0.3) is 11.1 Å². The van der Waals surface area contributed by atoms with E-state index in [9.17, 15) is 4.79 Å². The van der Waals surface area contributed by atoms with Crippen molar-refractivity contribution in [2.75, 3.05) is 43.0 Å². The lowest BCUT2D eigenvalue weighted by atomic mass is 10.0. The fraction of sp³-hybridized carbons (Fsp3) is 0.296. The summed E-state index contributed by atoms with van der Waals surface area (Å²) in [5, 5.41) is 3.16. The third kappa shape index (κ3) is 4.94. The van der Waals surface area contributed by atoms with E-state index in [2.05, 4.69) is 33.3 Å². The van der Waals surface area contributed by atoms with Crippen molar-refractivity contribution in [1.29, 1.82) is 0 Å². The Morgan fingerprint density at radius 2 is 1.56 bits per heavy atom. The van der Waals surface area contributed by atoms with Gasteiger partial charge in [-0.25, -0.2) is 0 Å². The fourth-order valence-corrected chi connectivity index (χ4v) is 4.21. The first-order valence-electron chi connectivity index (χ1n) is 11.3. The van der Waals surface area contributed by atoms with Crippen LogP contribution in [0, 0.1) is 0 Å². The lowest BCUT2D eigenvalue weighted by molar-refractivity contribution is -0.120. The zero-order valence-corrected chi connectivity index (χ0v) is 18.8. The zero-order chi connectivity index (χ0) is 22.3. The minimum atomic E-state index is -0.205. The largest absolute Gasteiger partial charge is 0.492 e. The van der Waals surface area contributed by atoms with Crippen molar-refractivity contribution in [3.05, 3.63) is 78.9 Å². The van der Waals surface area contributed by atoms with Crippen LogP contribution in [0.1, 0.15) is 13.8 Å². The van der Waals surface area contributed by atoms with Crippen molar-refractivity contribution in [3.63, 3.8) is 0 Å². The third-order valence-electron chi connectivity index (χ3n) is 6.02. The van der Waals surface area contributed by atoms with Crippen LogP contribution in [0.2, 0.25) is 0 Å². The van der Waals surface area contributed by atoms with Crippen molar-refractivity contribution in [2.45, 2.75) is 19.9 Å². The average Bonchev–Trinajstić information content (AvgIpc) is 2.85. The fourth-order valence-electron chi connectivity index (χ4n) is 4.21. The van der Waals surface area contributed by atoms with Gasteiger partial charge in [-0.15, -0.1) is 0 Å². The van der Waals surface area contributed by atoms with Gasteiger partial charge in [-0.05, 0) is 37.6 Å². The predicted octanol–water partition coefficient (Wildman–Crippen LogP) is 4.90. The molecule has 3 aromatic carbocycles. The van der Waals surface area contributed by atoms with Crippen molar-refractivity contribution in [1.82, 2.24) is 4.90 Å². The van der Waals surface area contributed by atoms with Gasteiger partial charge in [-0.3, -0.25) is 9.69 Å². The average molecular weight is 430 g/mol. The van der Waals surface area contributed by atoms with E-state index in [1.54, 1.807) is 0 Å². The highest BCUT2D eigenvalue weighted by Gasteiger charge is 2.27. The van der Waals surface area contributed by atoms with Gasteiger partial charge < -0.3 is 15.0 Å². The first kappa shape index (κ1) is 21.9. The highest BCUT2D eigenvalue weighted by Crippen LogP contribution is 2.30. The van der Waals surface area contributed by atoms with E-state index in [1.165, 1.54) is 0 Å². The second-order valence-electron chi connectivity index (χ2n) is 8.00. The first-order chi connectivity index (χ1) is 15.7. The smallest absolute Gasteiger partial charge is 0.241 e. The molecule has 0 bridgehead atoms. The maximum absolute atomic E-state index is 13.1. The van der Waals surface area contributed by atoms with Gasteiger partial charge in [0.25, 0.3) is 0 Å². The van der Waals surface area contributed by atoms with Crippen molar-refractivity contribution in [2.24, 2.45) is 0 Å². The molecule has 0 saturated carbocycles. The Kier molecular flexibility index (Phi) is 7.07. The van der Waals surface area contributed by atoms with Crippen LogP contribution in [-0.2, 0) is 4.79 Å². The Morgan fingerprint density at radius 3 is 2.31 bits per heavy atom. The van der Waals surface area contributed by atoms with Crippen LogP contribution in [0.15, 0.2) is 78.9 Å². The maximum atomic E-state index is 13.1. The summed E-state index contributed by atoms with van der Waals surface area (Å²) in [6.07, 6.45) is 0. The summed E-state index contributed by atoms with van der Waals surface area (Å²) in [6.45, 7) is 8.03. The van der Waals surface area contributed by atoms with Crippen molar-refractivity contribution >= 4 is 17.3 Å². The summed E-state index contributed by atoms with van der Waals surface area (Å²) in [6, 6.07) is 26.1.